The largest absolute Gasteiger partial charge is 0.326 e. The zero-order chi connectivity index (χ0) is 13.9. The number of hydrogen-bond donors (Lipinski definition) is 1. The highest BCUT2D eigenvalue weighted by atomic mass is 15.3. The minimum absolute atomic E-state index is 0.429. The SMILES string of the molecule is CCCC1CCC(N)C(N2CCN(CC3CC3)CC2)C1. The third kappa shape index (κ3) is 3.75. The molecule has 0 aromatic rings. The highest BCUT2D eigenvalue weighted by Gasteiger charge is 2.34. The lowest BCUT2D eigenvalue weighted by Gasteiger charge is -2.45. The van der Waals surface area contributed by atoms with Gasteiger partial charge in [-0.25, -0.2) is 0 Å². The van der Waals surface area contributed by atoms with Crippen LogP contribution in [0.15, 0.2) is 0 Å². The van der Waals surface area contributed by atoms with Gasteiger partial charge in [-0.1, -0.05) is 19.8 Å². The number of rotatable bonds is 5. The molecular weight excluding hydrogens is 246 g/mol. The standard InChI is InChI=1S/C17H33N3/c1-2-3-14-6-7-16(18)17(12-14)20-10-8-19(9-11-20)13-15-4-5-15/h14-17H,2-13,18H2,1H3. The first kappa shape index (κ1) is 14.8. The molecule has 0 amide bonds. The molecule has 2 N–H and O–H groups in total. The summed E-state index contributed by atoms with van der Waals surface area (Å²) in [5.41, 5.74) is 6.44. The second-order valence-electron chi connectivity index (χ2n) is 7.48. The number of hydrogen-bond acceptors (Lipinski definition) is 3. The first-order valence-electron chi connectivity index (χ1n) is 8.98. The fourth-order valence-electron chi connectivity index (χ4n) is 4.29. The van der Waals surface area contributed by atoms with Crippen LogP contribution in [0.2, 0.25) is 0 Å². The van der Waals surface area contributed by atoms with Crippen molar-refractivity contribution in [2.75, 3.05) is 32.7 Å². The Balaban J connectivity index is 1.47. The van der Waals surface area contributed by atoms with Crippen LogP contribution in [0.4, 0.5) is 0 Å². The van der Waals surface area contributed by atoms with Crippen LogP contribution in [-0.2, 0) is 0 Å². The quantitative estimate of drug-likeness (QED) is 0.838. The number of piperazine rings is 1. The van der Waals surface area contributed by atoms with Gasteiger partial charge in [-0.2, -0.15) is 0 Å². The fraction of sp³-hybridized carbons (Fsp3) is 1.00. The Morgan fingerprint density at radius 1 is 0.950 bits per heavy atom. The van der Waals surface area contributed by atoms with Crippen molar-refractivity contribution < 1.29 is 0 Å². The molecule has 20 heavy (non-hydrogen) atoms. The molecule has 0 aromatic heterocycles. The Morgan fingerprint density at radius 3 is 2.30 bits per heavy atom. The van der Waals surface area contributed by atoms with Crippen LogP contribution in [0.1, 0.15) is 51.9 Å². The number of nitrogens with two attached hydrogens (primary N) is 1. The molecule has 0 aromatic carbocycles. The van der Waals surface area contributed by atoms with Gasteiger partial charge in [0.05, 0.1) is 0 Å². The van der Waals surface area contributed by atoms with Crippen molar-refractivity contribution in [2.45, 2.75) is 64.0 Å². The van der Waals surface area contributed by atoms with Crippen molar-refractivity contribution in [3.8, 4) is 0 Å². The van der Waals surface area contributed by atoms with Gasteiger partial charge in [-0.3, -0.25) is 4.90 Å². The summed E-state index contributed by atoms with van der Waals surface area (Å²) in [6.07, 6.45) is 9.67. The molecule has 0 spiro atoms. The zero-order valence-electron chi connectivity index (χ0n) is 13.3. The predicted octanol–water partition coefficient (Wildman–Crippen LogP) is 2.31. The summed E-state index contributed by atoms with van der Waals surface area (Å²) >= 11 is 0. The topological polar surface area (TPSA) is 32.5 Å². The maximum Gasteiger partial charge on any atom is 0.0250 e. The molecule has 3 heteroatoms. The van der Waals surface area contributed by atoms with E-state index < -0.39 is 0 Å². The van der Waals surface area contributed by atoms with Crippen LogP contribution in [0.5, 0.6) is 0 Å². The molecule has 1 heterocycles. The van der Waals surface area contributed by atoms with E-state index >= 15 is 0 Å². The number of nitrogens with zero attached hydrogens (tertiary/aromatic N) is 2. The summed E-state index contributed by atoms with van der Waals surface area (Å²) in [6, 6.07) is 1.10. The first-order valence-corrected chi connectivity index (χ1v) is 8.98. The van der Waals surface area contributed by atoms with E-state index in [4.69, 9.17) is 5.73 Å². The third-order valence-electron chi connectivity index (χ3n) is 5.76. The van der Waals surface area contributed by atoms with E-state index in [1.165, 1.54) is 77.7 Å². The van der Waals surface area contributed by atoms with E-state index in [1.54, 1.807) is 0 Å². The van der Waals surface area contributed by atoms with E-state index in [-0.39, 0.29) is 0 Å². The molecule has 1 aliphatic heterocycles. The Labute approximate surface area is 124 Å². The molecule has 1 saturated heterocycles. The van der Waals surface area contributed by atoms with Crippen LogP contribution in [0.3, 0.4) is 0 Å². The molecule has 3 fully saturated rings. The van der Waals surface area contributed by atoms with E-state index in [9.17, 15) is 0 Å². The molecule has 116 valence electrons. The summed E-state index contributed by atoms with van der Waals surface area (Å²) in [6.45, 7) is 8.74. The maximum atomic E-state index is 6.44. The molecule has 0 radical (unpaired) electrons. The Bertz CT molecular complexity index is 295. The van der Waals surface area contributed by atoms with Gasteiger partial charge in [0.1, 0.15) is 0 Å². The van der Waals surface area contributed by atoms with Crippen LogP contribution in [0, 0.1) is 11.8 Å². The maximum absolute atomic E-state index is 6.44. The Kier molecular flexibility index (Phi) is 5.00. The molecule has 3 aliphatic rings. The van der Waals surface area contributed by atoms with Crippen LogP contribution < -0.4 is 5.73 Å². The summed E-state index contributed by atoms with van der Waals surface area (Å²) in [4.78, 5) is 5.40. The lowest BCUT2D eigenvalue weighted by atomic mass is 9.79. The molecule has 0 bridgehead atoms. The van der Waals surface area contributed by atoms with Gasteiger partial charge < -0.3 is 10.6 Å². The molecular formula is C17H33N3. The normalized spacial score (nSPS) is 37.2. The second kappa shape index (κ2) is 6.76. The van der Waals surface area contributed by atoms with Gasteiger partial charge in [0, 0.05) is 44.8 Å². The molecule has 3 nitrogen and oxygen atoms in total. The van der Waals surface area contributed by atoms with E-state index in [0.29, 0.717) is 12.1 Å². The van der Waals surface area contributed by atoms with Crippen LogP contribution in [-0.4, -0.2) is 54.6 Å². The minimum atomic E-state index is 0.429. The van der Waals surface area contributed by atoms with Crippen molar-refractivity contribution >= 4 is 0 Å². The summed E-state index contributed by atoms with van der Waals surface area (Å²) in [5.74, 6) is 1.97. The lowest BCUT2D eigenvalue weighted by Crippen LogP contribution is -2.57. The third-order valence-corrected chi connectivity index (χ3v) is 5.76. The zero-order valence-corrected chi connectivity index (χ0v) is 13.3. The Morgan fingerprint density at radius 2 is 1.65 bits per heavy atom. The van der Waals surface area contributed by atoms with Crippen molar-refractivity contribution in [3.05, 3.63) is 0 Å². The average Bonchev–Trinajstić information content (AvgIpc) is 3.26. The van der Waals surface area contributed by atoms with Gasteiger partial charge in [0.2, 0.25) is 0 Å². The van der Waals surface area contributed by atoms with Crippen molar-refractivity contribution in [1.29, 1.82) is 0 Å². The van der Waals surface area contributed by atoms with Gasteiger partial charge in [-0.15, -0.1) is 0 Å². The predicted molar refractivity (Wildman–Crippen MR) is 84.7 cm³/mol. The van der Waals surface area contributed by atoms with Gasteiger partial charge in [0.25, 0.3) is 0 Å². The lowest BCUT2D eigenvalue weighted by molar-refractivity contribution is 0.0534. The highest BCUT2D eigenvalue weighted by molar-refractivity contribution is 4.91. The van der Waals surface area contributed by atoms with E-state index in [1.807, 2.05) is 0 Å². The monoisotopic (exact) mass is 279 g/mol. The van der Waals surface area contributed by atoms with Crippen molar-refractivity contribution in [1.82, 2.24) is 9.80 Å². The first-order chi connectivity index (χ1) is 9.76. The highest BCUT2D eigenvalue weighted by Crippen LogP contribution is 2.32. The molecule has 3 unspecified atom stereocenters. The Hall–Kier alpha value is -0.120. The van der Waals surface area contributed by atoms with Crippen molar-refractivity contribution in [2.24, 2.45) is 17.6 Å². The summed E-state index contributed by atoms with van der Waals surface area (Å²) in [5, 5.41) is 0. The summed E-state index contributed by atoms with van der Waals surface area (Å²) < 4.78 is 0. The second-order valence-corrected chi connectivity index (χ2v) is 7.48. The van der Waals surface area contributed by atoms with Crippen molar-refractivity contribution in [3.63, 3.8) is 0 Å². The summed E-state index contributed by atoms with van der Waals surface area (Å²) in [7, 11) is 0. The average molecular weight is 279 g/mol. The van der Waals surface area contributed by atoms with Gasteiger partial charge in [-0.05, 0) is 43.9 Å². The molecule has 3 rings (SSSR count). The van der Waals surface area contributed by atoms with Crippen LogP contribution >= 0.6 is 0 Å². The van der Waals surface area contributed by atoms with Gasteiger partial charge in [0.15, 0.2) is 0 Å². The van der Waals surface area contributed by atoms with E-state index in [0.717, 1.165) is 11.8 Å². The molecule has 3 atom stereocenters. The van der Waals surface area contributed by atoms with E-state index in [2.05, 4.69) is 16.7 Å². The minimum Gasteiger partial charge on any atom is -0.326 e. The smallest absolute Gasteiger partial charge is 0.0250 e. The fourth-order valence-corrected chi connectivity index (χ4v) is 4.29. The molecule has 2 saturated carbocycles. The van der Waals surface area contributed by atoms with Crippen LogP contribution in [0.25, 0.3) is 0 Å². The van der Waals surface area contributed by atoms with Gasteiger partial charge >= 0.3 is 0 Å². The molecule has 2 aliphatic carbocycles.